The first-order valence-corrected chi connectivity index (χ1v) is 5.97. The average Bonchev–Trinajstić information content (AvgIpc) is 2.32. The van der Waals surface area contributed by atoms with Crippen LogP contribution in [-0.2, 0) is 6.42 Å². The van der Waals surface area contributed by atoms with E-state index in [0.717, 1.165) is 44.7 Å². The zero-order chi connectivity index (χ0) is 11.4. The zero-order valence-corrected chi connectivity index (χ0v) is 9.87. The van der Waals surface area contributed by atoms with Gasteiger partial charge in [-0.1, -0.05) is 17.7 Å². The molecule has 0 atom stereocenters. The van der Waals surface area contributed by atoms with Crippen molar-refractivity contribution in [2.45, 2.75) is 13.3 Å². The molecule has 1 aliphatic heterocycles. The van der Waals surface area contributed by atoms with Gasteiger partial charge in [-0.2, -0.15) is 0 Å². The molecule has 1 aromatic carbocycles. The highest BCUT2D eigenvalue weighted by Gasteiger charge is 2.10. The van der Waals surface area contributed by atoms with Gasteiger partial charge in [0.1, 0.15) is 5.75 Å². The van der Waals surface area contributed by atoms with E-state index in [1.165, 1.54) is 5.56 Å². The fraction of sp³-hybridized carbons (Fsp3) is 0.538. The van der Waals surface area contributed by atoms with Crippen molar-refractivity contribution >= 4 is 0 Å². The Morgan fingerprint density at radius 2 is 2.06 bits per heavy atom. The van der Waals surface area contributed by atoms with Gasteiger partial charge in [-0.25, -0.2) is 0 Å². The third kappa shape index (κ3) is 2.97. The van der Waals surface area contributed by atoms with Crippen LogP contribution in [0.5, 0.6) is 5.75 Å². The summed E-state index contributed by atoms with van der Waals surface area (Å²) in [5.74, 6) is 0.431. The molecular formula is C13H20N2O. The molecule has 3 heteroatoms. The van der Waals surface area contributed by atoms with Crippen molar-refractivity contribution in [2.75, 3.05) is 32.7 Å². The van der Waals surface area contributed by atoms with Crippen molar-refractivity contribution in [2.24, 2.45) is 0 Å². The summed E-state index contributed by atoms with van der Waals surface area (Å²) in [5.41, 5.74) is 2.28. The molecule has 0 saturated carbocycles. The van der Waals surface area contributed by atoms with Gasteiger partial charge < -0.3 is 15.3 Å². The van der Waals surface area contributed by atoms with Crippen LogP contribution in [0, 0.1) is 6.92 Å². The Morgan fingerprint density at radius 1 is 1.31 bits per heavy atom. The first-order chi connectivity index (χ1) is 7.75. The predicted molar refractivity (Wildman–Crippen MR) is 65.9 cm³/mol. The van der Waals surface area contributed by atoms with Gasteiger partial charge in [0.05, 0.1) is 0 Å². The average molecular weight is 220 g/mol. The van der Waals surface area contributed by atoms with Crippen LogP contribution in [0.3, 0.4) is 0 Å². The summed E-state index contributed by atoms with van der Waals surface area (Å²) in [6.45, 7) is 7.51. The molecule has 1 aliphatic rings. The fourth-order valence-electron chi connectivity index (χ4n) is 2.13. The number of aryl methyl sites for hydroxylation is 1. The maximum Gasteiger partial charge on any atom is 0.118 e. The van der Waals surface area contributed by atoms with Gasteiger partial charge in [-0.15, -0.1) is 0 Å². The number of phenolic OH excluding ortho intramolecular Hbond substituents is 1. The molecule has 0 spiro atoms. The van der Waals surface area contributed by atoms with Gasteiger partial charge in [0.2, 0.25) is 0 Å². The summed E-state index contributed by atoms with van der Waals surface area (Å²) >= 11 is 0. The second-order valence-electron chi connectivity index (χ2n) is 4.47. The summed E-state index contributed by atoms with van der Waals surface area (Å²) in [6.07, 6.45) is 0.938. The van der Waals surface area contributed by atoms with E-state index >= 15 is 0 Å². The minimum atomic E-state index is 0.431. The van der Waals surface area contributed by atoms with Crippen molar-refractivity contribution in [1.29, 1.82) is 0 Å². The van der Waals surface area contributed by atoms with Gasteiger partial charge in [0, 0.05) is 32.7 Å². The van der Waals surface area contributed by atoms with E-state index in [-0.39, 0.29) is 0 Å². The van der Waals surface area contributed by atoms with Gasteiger partial charge in [0.15, 0.2) is 0 Å². The van der Waals surface area contributed by atoms with Crippen LogP contribution in [0.1, 0.15) is 11.1 Å². The third-order valence-electron chi connectivity index (χ3n) is 3.14. The Bertz CT molecular complexity index is 346. The number of aromatic hydroxyl groups is 1. The van der Waals surface area contributed by atoms with Crippen molar-refractivity contribution in [3.05, 3.63) is 29.3 Å². The van der Waals surface area contributed by atoms with Gasteiger partial charge in [-0.05, 0) is 25.0 Å². The maximum absolute atomic E-state index is 9.73. The van der Waals surface area contributed by atoms with Crippen LogP contribution in [0.15, 0.2) is 18.2 Å². The Hall–Kier alpha value is -1.06. The normalized spacial score (nSPS) is 17.6. The summed E-state index contributed by atoms with van der Waals surface area (Å²) in [7, 11) is 0. The molecular weight excluding hydrogens is 200 g/mol. The molecule has 0 radical (unpaired) electrons. The van der Waals surface area contributed by atoms with Crippen molar-refractivity contribution in [1.82, 2.24) is 10.2 Å². The number of nitrogens with one attached hydrogen (secondary N) is 1. The lowest BCUT2D eigenvalue weighted by Crippen LogP contribution is -2.44. The van der Waals surface area contributed by atoms with Crippen molar-refractivity contribution < 1.29 is 5.11 Å². The zero-order valence-electron chi connectivity index (χ0n) is 9.87. The highest BCUT2D eigenvalue weighted by atomic mass is 16.3. The van der Waals surface area contributed by atoms with E-state index in [1.807, 2.05) is 6.07 Å². The van der Waals surface area contributed by atoms with Crippen molar-refractivity contribution in [3.63, 3.8) is 0 Å². The summed E-state index contributed by atoms with van der Waals surface area (Å²) in [4.78, 5) is 2.44. The highest BCUT2D eigenvalue weighted by molar-refractivity contribution is 5.35. The lowest BCUT2D eigenvalue weighted by Gasteiger charge is -2.27. The molecule has 3 nitrogen and oxygen atoms in total. The van der Waals surface area contributed by atoms with Crippen LogP contribution in [0.4, 0.5) is 0 Å². The number of phenols is 1. The van der Waals surface area contributed by atoms with E-state index in [2.05, 4.69) is 23.2 Å². The van der Waals surface area contributed by atoms with E-state index in [0.29, 0.717) is 5.75 Å². The molecule has 0 aromatic heterocycles. The monoisotopic (exact) mass is 220 g/mol. The van der Waals surface area contributed by atoms with E-state index in [4.69, 9.17) is 0 Å². The predicted octanol–water partition coefficient (Wildman–Crippen LogP) is 1.15. The Morgan fingerprint density at radius 3 is 2.81 bits per heavy atom. The van der Waals surface area contributed by atoms with Gasteiger partial charge in [-0.3, -0.25) is 0 Å². The first kappa shape index (κ1) is 11.4. The number of hydrogen-bond donors (Lipinski definition) is 2. The second-order valence-corrected chi connectivity index (χ2v) is 4.47. The molecule has 1 saturated heterocycles. The van der Waals surface area contributed by atoms with E-state index < -0.39 is 0 Å². The third-order valence-corrected chi connectivity index (χ3v) is 3.14. The second kappa shape index (κ2) is 5.32. The minimum Gasteiger partial charge on any atom is -0.508 e. The molecule has 0 unspecified atom stereocenters. The van der Waals surface area contributed by atoms with Gasteiger partial charge >= 0.3 is 0 Å². The smallest absolute Gasteiger partial charge is 0.118 e. The van der Waals surface area contributed by atoms with E-state index in [1.54, 1.807) is 6.07 Å². The van der Waals surface area contributed by atoms with E-state index in [9.17, 15) is 5.11 Å². The molecule has 16 heavy (non-hydrogen) atoms. The van der Waals surface area contributed by atoms with Crippen LogP contribution in [-0.4, -0.2) is 42.7 Å². The van der Waals surface area contributed by atoms with Gasteiger partial charge in [0.25, 0.3) is 0 Å². The molecule has 0 bridgehead atoms. The van der Waals surface area contributed by atoms with Crippen LogP contribution in [0.25, 0.3) is 0 Å². The number of hydrogen-bond acceptors (Lipinski definition) is 3. The number of benzene rings is 1. The number of piperazine rings is 1. The van der Waals surface area contributed by atoms with Crippen LogP contribution >= 0.6 is 0 Å². The molecule has 1 fully saturated rings. The maximum atomic E-state index is 9.73. The number of nitrogens with zero attached hydrogens (tertiary/aromatic N) is 1. The Kier molecular flexibility index (Phi) is 3.80. The quantitative estimate of drug-likeness (QED) is 0.802. The minimum absolute atomic E-state index is 0.431. The van der Waals surface area contributed by atoms with Crippen LogP contribution < -0.4 is 5.32 Å². The SMILES string of the molecule is Cc1ccc(O)c(CCN2CCNCC2)c1. The topological polar surface area (TPSA) is 35.5 Å². The summed E-state index contributed by atoms with van der Waals surface area (Å²) in [6, 6.07) is 5.82. The first-order valence-electron chi connectivity index (χ1n) is 5.97. The molecule has 2 N–H and O–H groups in total. The Labute approximate surface area is 97.1 Å². The molecule has 88 valence electrons. The lowest BCUT2D eigenvalue weighted by atomic mass is 10.1. The molecule has 0 amide bonds. The largest absolute Gasteiger partial charge is 0.508 e. The van der Waals surface area contributed by atoms with Crippen molar-refractivity contribution in [3.8, 4) is 5.75 Å². The molecule has 1 heterocycles. The standard InChI is InChI=1S/C13H20N2O/c1-11-2-3-13(16)12(10-11)4-7-15-8-5-14-6-9-15/h2-3,10,14,16H,4-9H2,1H3. The van der Waals surface area contributed by atoms with Crippen LogP contribution in [0.2, 0.25) is 0 Å². The fourth-order valence-corrected chi connectivity index (χ4v) is 2.13. The molecule has 1 aromatic rings. The molecule has 2 rings (SSSR count). The lowest BCUT2D eigenvalue weighted by molar-refractivity contribution is 0.243. The molecule has 0 aliphatic carbocycles. The summed E-state index contributed by atoms with van der Waals surface area (Å²) < 4.78 is 0. The highest BCUT2D eigenvalue weighted by Crippen LogP contribution is 2.18. The number of rotatable bonds is 3. The Balaban J connectivity index is 1.90. The summed E-state index contributed by atoms with van der Waals surface area (Å²) in [5, 5.41) is 13.1.